The molecule has 0 saturated heterocycles. The van der Waals surface area contributed by atoms with Gasteiger partial charge in [0.15, 0.2) is 0 Å². The Morgan fingerprint density at radius 2 is 2.20 bits per heavy atom. The molecule has 1 heterocycles. The van der Waals surface area contributed by atoms with Crippen LogP contribution in [0.15, 0.2) is 18.2 Å². The summed E-state index contributed by atoms with van der Waals surface area (Å²) in [7, 11) is 2.13. The van der Waals surface area contributed by atoms with Crippen LogP contribution in [-0.4, -0.2) is 18.5 Å². The molecular formula is C16H21FN2S. The van der Waals surface area contributed by atoms with Crippen molar-refractivity contribution in [1.82, 2.24) is 4.90 Å². The highest BCUT2D eigenvalue weighted by atomic mass is 32.1. The maximum atomic E-state index is 14.1. The second-order valence-electron chi connectivity index (χ2n) is 5.81. The third kappa shape index (κ3) is 2.60. The van der Waals surface area contributed by atoms with Crippen molar-refractivity contribution >= 4 is 21.4 Å². The fraction of sp³-hybridized carbons (Fsp3) is 0.500. The van der Waals surface area contributed by atoms with E-state index in [9.17, 15) is 4.39 Å². The summed E-state index contributed by atoms with van der Waals surface area (Å²) in [6.45, 7) is 2.39. The van der Waals surface area contributed by atoms with Crippen LogP contribution in [-0.2, 0) is 13.1 Å². The molecule has 1 aromatic carbocycles. The molecule has 1 aliphatic carbocycles. The van der Waals surface area contributed by atoms with E-state index in [1.807, 2.05) is 6.07 Å². The minimum absolute atomic E-state index is 0.120. The third-order valence-corrected chi connectivity index (χ3v) is 5.47. The van der Waals surface area contributed by atoms with Crippen LogP contribution in [0.5, 0.6) is 0 Å². The monoisotopic (exact) mass is 292 g/mol. The minimum atomic E-state index is -0.120. The number of rotatable bonds is 5. The summed E-state index contributed by atoms with van der Waals surface area (Å²) in [4.78, 5) is 3.43. The average Bonchev–Trinajstić information content (AvgIpc) is 2.73. The highest BCUT2D eigenvalue weighted by molar-refractivity contribution is 7.19. The lowest BCUT2D eigenvalue weighted by atomic mass is 9.85. The van der Waals surface area contributed by atoms with Crippen LogP contribution in [0, 0.1) is 11.7 Å². The van der Waals surface area contributed by atoms with Crippen LogP contribution in [0.3, 0.4) is 0 Å². The number of halogens is 1. The number of hydrogen-bond donors (Lipinski definition) is 1. The van der Waals surface area contributed by atoms with Crippen LogP contribution in [0.2, 0.25) is 0 Å². The SMILES string of the molecule is CN(Cc1c(CN)sc2cccc(F)c12)CC1CCC1. The fourth-order valence-corrected chi connectivity index (χ4v) is 4.11. The van der Waals surface area contributed by atoms with E-state index in [-0.39, 0.29) is 5.82 Å². The fourth-order valence-electron chi connectivity index (χ4n) is 3.00. The van der Waals surface area contributed by atoms with Crippen LogP contribution in [0.4, 0.5) is 4.39 Å². The predicted molar refractivity (Wildman–Crippen MR) is 83.3 cm³/mol. The van der Waals surface area contributed by atoms with Gasteiger partial charge in [0, 0.05) is 34.6 Å². The molecule has 1 fully saturated rings. The van der Waals surface area contributed by atoms with Gasteiger partial charge in [0.05, 0.1) is 0 Å². The molecule has 0 aliphatic heterocycles. The number of hydrogen-bond acceptors (Lipinski definition) is 3. The van der Waals surface area contributed by atoms with Gasteiger partial charge in [0.2, 0.25) is 0 Å². The first-order valence-corrected chi connectivity index (χ1v) is 8.08. The van der Waals surface area contributed by atoms with E-state index in [1.54, 1.807) is 23.5 Å². The number of benzene rings is 1. The van der Waals surface area contributed by atoms with Gasteiger partial charge in [-0.05, 0) is 43.5 Å². The van der Waals surface area contributed by atoms with Crippen molar-refractivity contribution in [3.05, 3.63) is 34.5 Å². The molecule has 1 saturated carbocycles. The van der Waals surface area contributed by atoms with Gasteiger partial charge in [-0.15, -0.1) is 11.3 Å². The zero-order valence-electron chi connectivity index (χ0n) is 11.9. The lowest BCUT2D eigenvalue weighted by Gasteiger charge is -2.30. The maximum absolute atomic E-state index is 14.1. The topological polar surface area (TPSA) is 29.3 Å². The van der Waals surface area contributed by atoms with Crippen molar-refractivity contribution < 1.29 is 4.39 Å². The van der Waals surface area contributed by atoms with Gasteiger partial charge in [-0.2, -0.15) is 0 Å². The molecule has 0 atom stereocenters. The first-order chi connectivity index (χ1) is 9.69. The van der Waals surface area contributed by atoms with Gasteiger partial charge >= 0.3 is 0 Å². The molecule has 108 valence electrons. The van der Waals surface area contributed by atoms with Crippen LogP contribution >= 0.6 is 11.3 Å². The van der Waals surface area contributed by atoms with E-state index < -0.39 is 0 Å². The summed E-state index contributed by atoms with van der Waals surface area (Å²) in [5, 5.41) is 0.776. The Morgan fingerprint density at radius 1 is 1.40 bits per heavy atom. The zero-order chi connectivity index (χ0) is 14.1. The Kier molecular flexibility index (Phi) is 4.06. The van der Waals surface area contributed by atoms with Gasteiger partial charge in [0.25, 0.3) is 0 Å². The molecular weight excluding hydrogens is 271 g/mol. The molecule has 3 rings (SSSR count). The van der Waals surface area contributed by atoms with E-state index in [0.29, 0.717) is 6.54 Å². The van der Waals surface area contributed by atoms with E-state index in [0.717, 1.165) is 39.5 Å². The Labute approximate surface area is 123 Å². The molecule has 2 nitrogen and oxygen atoms in total. The standard InChI is InChI=1S/C16H21FN2S/c1-19(9-11-4-2-5-11)10-12-15(8-18)20-14-7-3-6-13(17)16(12)14/h3,6-7,11H,2,4-5,8-10,18H2,1H3. The quantitative estimate of drug-likeness (QED) is 0.910. The van der Waals surface area contributed by atoms with Crippen molar-refractivity contribution in [2.45, 2.75) is 32.4 Å². The maximum Gasteiger partial charge on any atom is 0.132 e. The Bertz CT molecular complexity index is 604. The molecule has 0 unspecified atom stereocenters. The van der Waals surface area contributed by atoms with Crippen LogP contribution in [0.25, 0.3) is 10.1 Å². The lowest BCUT2D eigenvalue weighted by Crippen LogP contribution is -2.29. The van der Waals surface area contributed by atoms with E-state index in [1.165, 1.54) is 19.3 Å². The summed E-state index contributed by atoms with van der Waals surface area (Å²) < 4.78 is 15.1. The molecule has 4 heteroatoms. The lowest BCUT2D eigenvalue weighted by molar-refractivity contribution is 0.200. The molecule has 1 aromatic heterocycles. The van der Waals surface area contributed by atoms with Gasteiger partial charge in [-0.3, -0.25) is 0 Å². The number of nitrogens with two attached hydrogens (primary N) is 1. The van der Waals surface area contributed by atoms with Gasteiger partial charge in [0.1, 0.15) is 5.82 Å². The summed E-state index contributed by atoms with van der Waals surface area (Å²) in [5.74, 6) is 0.710. The molecule has 0 radical (unpaired) electrons. The highest BCUT2D eigenvalue weighted by Gasteiger charge is 2.21. The second-order valence-corrected chi connectivity index (χ2v) is 6.95. The van der Waals surface area contributed by atoms with Gasteiger partial charge in [-0.1, -0.05) is 12.5 Å². The summed E-state index contributed by atoms with van der Waals surface area (Å²) in [6.07, 6.45) is 4.04. The first kappa shape index (κ1) is 14.0. The van der Waals surface area contributed by atoms with Gasteiger partial charge < -0.3 is 10.6 Å². The van der Waals surface area contributed by atoms with Crippen molar-refractivity contribution in [1.29, 1.82) is 0 Å². The summed E-state index contributed by atoms with van der Waals surface area (Å²) >= 11 is 1.63. The molecule has 0 bridgehead atoms. The first-order valence-electron chi connectivity index (χ1n) is 7.26. The molecule has 20 heavy (non-hydrogen) atoms. The summed E-state index contributed by atoms with van der Waals surface area (Å²) in [5.41, 5.74) is 6.94. The normalized spacial score (nSPS) is 16.0. The number of nitrogens with zero attached hydrogens (tertiary/aromatic N) is 1. The molecule has 0 amide bonds. The van der Waals surface area contributed by atoms with E-state index >= 15 is 0 Å². The molecule has 1 aliphatic rings. The Morgan fingerprint density at radius 3 is 2.85 bits per heavy atom. The minimum Gasteiger partial charge on any atom is -0.326 e. The Hall–Kier alpha value is -0.970. The van der Waals surface area contributed by atoms with Crippen molar-refractivity contribution in [3.63, 3.8) is 0 Å². The number of fused-ring (bicyclic) bond motifs is 1. The average molecular weight is 292 g/mol. The van der Waals surface area contributed by atoms with Gasteiger partial charge in [-0.25, -0.2) is 4.39 Å². The van der Waals surface area contributed by atoms with Crippen molar-refractivity contribution in [2.24, 2.45) is 11.7 Å². The zero-order valence-corrected chi connectivity index (χ0v) is 12.7. The van der Waals surface area contributed by atoms with Crippen molar-refractivity contribution in [3.8, 4) is 0 Å². The smallest absolute Gasteiger partial charge is 0.132 e. The highest BCUT2D eigenvalue weighted by Crippen LogP contribution is 2.34. The largest absolute Gasteiger partial charge is 0.326 e. The summed E-state index contributed by atoms with van der Waals surface area (Å²) in [6, 6.07) is 5.30. The van der Waals surface area contributed by atoms with Crippen molar-refractivity contribution in [2.75, 3.05) is 13.6 Å². The van der Waals surface area contributed by atoms with E-state index in [4.69, 9.17) is 5.73 Å². The third-order valence-electron chi connectivity index (χ3n) is 4.25. The van der Waals surface area contributed by atoms with Crippen LogP contribution in [0.1, 0.15) is 29.7 Å². The molecule has 2 aromatic rings. The predicted octanol–water partition coefficient (Wildman–Crippen LogP) is 3.73. The second kappa shape index (κ2) is 5.80. The molecule has 0 spiro atoms. The number of thiophene rings is 1. The molecule has 2 N–H and O–H groups in total. The Balaban J connectivity index is 1.88. The van der Waals surface area contributed by atoms with E-state index in [2.05, 4.69) is 11.9 Å². The van der Waals surface area contributed by atoms with Crippen LogP contribution < -0.4 is 5.73 Å².